The monoisotopic (exact) mass is 344 g/mol. The lowest BCUT2D eigenvalue weighted by molar-refractivity contribution is -0.129. The lowest BCUT2D eigenvalue weighted by atomic mass is 9.91. The van der Waals surface area contributed by atoms with Crippen molar-refractivity contribution in [2.75, 3.05) is 20.1 Å². The van der Waals surface area contributed by atoms with E-state index in [0.29, 0.717) is 12.5 Å². The standard InChI is InChI=1S/C20H32N4O/c1-24(13-7-12-21-17-9-3-2-4-10-17)20(25)14-19-18-11-6-5-8-16(18)15-22-23-19/h15,17,21H,2-14H2,1H3. The van der Waals surface area contributed by atoms with Gasteiger partial charge in [0.15, 0.2) is 0 Å². The van der Waals surface area contributed by atoms with E-state index in [1.54, 1.807) is 0 Å². The summed E-state index contributed by atoms with van der Waals surface area (Å²) in [7, 11) is 1.91. The molecule has 0 atom stereocenters. The van der Waals surface area contributed by atoms with Gasteiger partial charge in [-0.15, -0.1) is 0 Å². The van der Waals surface area contributed by atoms with Crippen LogP contribution in [0.3, 0.4) is 0 Å². The quantitative estimate of drug-likeness (QED) is 0.773. The van der Waals surface area contributed by atoms with Crippen LogP contribution in [0.2, 0.25) is 0 Å². The highest BCUT2D eigenvalue weighted by atomic mass is 16.2. The summed E-state index contributed by atoms with van der Waals surface area (Å²) in [6.45, 7) is 1.81. The number of aryl methyl sites for hydroxylation is 1. The van der Waals surface area contributed by atoms with E-state index < -0.39 is 0 Å². The molecule has 25 heavy (non-hydrogen) atoms. The Morgan fingerprint density at radius 1 is 1.20 bits per heavy atom. The zero-order valence-corrected chi connectivity index (χ0v) is 15.6. The second-order valence-corrected chi connectivity index (χ2v) is 7.64. The van der Waals surface area contributed by atoms with Gasteiger partial charge in [0.2, 0.25) is 5.91 Å². The van der Waals surface area contributed by atoms with Crippen LogP contribution in [0.25, 0.3) is 0 Å². The van der Waals surface area contributed by atoms with Crippen LogP contribution >= 0.6 is 0 Å². The number of fused-ring (bicyclic) bond motifs is 1. The van der Waals surface area contributed by atoms with Crippen LogP contribution in [0.5, 0.6) is 0 Å². The molecule has 0 saturated heterocycles. The summed E-state index contributed by atoms with van der Waals surface area (Å²) in [4.78, 5) is 14.4. The van der Waals surface area contributed by atoms with Crippen molar-refractivity contribution in [1.29, 1.82) is 0 Å². The lowest BCUT2D eigenvalue weighted by Crippen LogP contribution is -2.35. The average molecular weight is 345 g/mol. The summed E-state index contributed by atoms with van der Waals surface area (Å²) in [5.74, 6) is 0.158. The molecule has 0 radical (unpaired) electrons. The number of hydrogen-bond donors (Lipinski definition) is 1. The van der Waals surface area contributed by atoms with Gasteiger partial charge in [-0.2, -0.15) is 10.2 Å². The van der Waals surface area contributed by atoms with Crippen LogP contribution in [-0.4, -0.2) is 47.2 Å². The average Bonchev–Trinajstić information content (AvgIpc) is 2.66. The fourth-order valence-electron chi connectivity index (χ4n) is 4.10. The predicted molar refractivity (Wildman–Crippen MR) is 99.5 cm³/mol. The number of amides is 1. The van der Waals surface area contributed by atoms with Crippen LogP contribution in [-0.2, 0) is 24.1 Å². The zero-order valence-electron chi connectivity index (χ0n) is 15.6. The van der Waals surface area contributed by atoms with Crippen LogP contribution in [0.4, 0.5) is 0 Å². The van der Waals surface area contributed by atoms with Crippen molar-refractivity contribution in [1.82, 2.24) is 20.4 Å². The van der Waals surface area contributed by atoms with E-state index in [1.807, 2.05) is 18.1 Å². The molecule has 1 aromatic rings. The molecule has 1 fully saturated rings. The molecule has 1 aromatic heterocycles. The summed E-state index contributed by atoms with van der Waals surface area (Å²) in [5, 5.41) is 12.0. The molecule has 0 aliphatic heterocycles. The summed E-state index contributed by atoms with van der Waals surface area (Å²) in [6.07, 6.45) is 14.6. The molecule has 3 rings (SSSR count). The normalized spacial score (nSPS) is 18.0. The maximum absolute atomic E-state index is 12.5. The molecule has 1 N–H and O–H groups in total. The molecular formula is C20H32N4O. The fourth-order valence-corrected chi connectivity index (χ4v) is 4.10. The molecule has 1 heterocycles. The van der Waals surface area contributed by atoms with Gasteiger partial charge >= 0.3 is 0 Å². The highest BCUT2D eigenvalue weighted by molar-refractivity contribution is 5.78. The number of carbonyl (C=O) groups excluding carboxylic acids is 1. The Bertz CT molecular complexity index is 569. The molecule has 5 nitrogen and oxygen atoms in total. The Balaban J connectivity index is 1.42. The third-order valence-corrected chi connectivity index (χ3v) is 5.70. The summed E-state index contributed by atoms with van der Waals surface area (Å²) >= 11 is 0. The number of nitrogens with zero attached hydrogens (tertiary/aromatic N) is 3. The number of hydrogen-bond acceptors (Lipinski definition) is 4. The van der Waals surface area contributed by atoms with Gasteiger partial charge in [0.05, 0.1) is 18.3 Å². The van der Waals surface area contributed by atoms with E-state index in [9.17, 15) is 4.79 Å². The van der Waals surface area contributed by atoms with Gasteiger partial charge in [0, 0.05) is 19.6 Å². The Kier molecular flexibility index (Phi) is 6.79. The Morgan fingerprint density at radius 3 is 2.84 bits per heavy atom. The van der Waals surface area contributed by atoms with Crippen LogP contribution < -0.4 is 5.32 Å². The van der Waals surface area contributed by atoms with E-state index in [-0.39, 0.29) is 5.91 Å². The van der Waals surface area contributed by atoms with Gasteiger partial charge in [0.25, 0.3) is 0 Å². The number of carbonyl (C=O) groups is 1. The van der Waals surface area contributed by atoms with Gasteiger partial charge in [-0.05, 0) is 62.6 Å². The smallest absolute Gasteiger partial charge is 0.228 e. The predicted octanol–water partition coefficient (Wildman–Crippen LogP) is 2.67. The molecule has 1 saturated carbocycles. The molecule has 0 unspecified atom stereocenters. The van der Waals surface area contributed by atoms with Crippen molar-refractivity contribution >= 4 is 5.91 Å². The number of rotatable bonds is 7. The van der Waals surface area contributed by atoms with Gasteiger partial charge in [-0.1, -0.05) is 19.3 Å². The van der Waals surface area contributed by atoms with Crippen LogP contribution in [0.15, 0.2) is 6.20 Å². The zero-order chi connectivity index (χ0) is 17.5. The van der Waals surface area contributed by atoms with Crippen molar-refractivity contribution < 1.29 is 4.79 Å². The second kappa shape index (κ2) is 9.27. The highest BCUT2D eigenvalue weighted by Crippen LogP contribution is 2.22. The number of aromatic nitrogens is 2. The summed E-state index contributed by atoms with van der Waals surface area (Å²) in [6, 6.07) is 0.695. The SMILES string of the molecule is CN(CCCNC1CCCCC1)C(=O)Cc1nncc2c1CCCC2. The highest BCUT2D eigenvalue weighted by Gasteiger charge is 2.19. The first-order valence-electron chi connectivity index (χ1n) is 10.0. The molecule has 5 heteroatoms. The van der Waals surface area contributed by atoms with Crippen molar-refractivity contribution in [3.05, 3.63) is 23.0 Å². The minimum absolute atomic E-state index is 0.158. The molecule has 0 aromatic carbocycles. The van der Waals surface area contributed by atoms with Gasteiger partial charge in [0.1, 0.15) is 0 Å². The maximum Gasteiger partial charge on any atom is 0.228 e. The molecule has 0 spiro atoms. The molecule has 0 bridgehead atoms. The summed E-state index contributed by atoms with van der Waals surface area (Å²) in [5.41, 5.74) is 3.47. The number of nitrogens with one attached hydrogen (secondary N) is 1. The molecule has 138 valence electrons. The number of likely N-dealkylation sites (N-methyl/N-ethyl adjacent to an activating group) is 1. The van der Waals surface area contributed by atoms with Gasteiger partial charge in [-0.3, -0.25) is 4.79 Å². The van der Waals surface area contributed by atoms with E-state index in [0.717, 1.165) is 38.0 Å². The Hall–Kier alpha value is -1.49. The van der Waals surface area contributed by atoms with Gasteiger partial charge < -0.3 is 10.2 Å². The van der Waals surface area contributed by atoms with E-state index in [4.69, 9.17) is 0 Å². The largest absolute Gasteiger partial charge is 0.345 e. The van der Waals surface area contributed by atoms with Crippen molar-refractivity contribution in [2.24, 2.45) is 0 Å². The minimum Gasteiger partial charge on any atom is -0.345 e. The molecule has 2 aliphatic carbocycles. The van der Waals surface area contributed by atoms with E-state index in [2.05, 4.69) is 15.5 Å². The third kappa shape index (κ3) is 5.24. The molecule has 1 amide bonds. The Morgan fingerprint density at radius 2 is 2.00 bits per heavy atom. The van der Waals surface area contributed by atoms with Gasteiger partial charge in [-0.25, -0.2) is 0 Å². The molecular weight excluding hydrogens is 312 g/mol. The maximum atomic E-state index is 12.5. The van der Waals surface area contributed by atoms with Crippen molar-refractivity contribution in [2.45, 2.75) is 76.7 Å². The first kappa shape index (κ1) is 18.3. The fraction of sp³-hybridized carbons (Fsp3) is 0.750. The lowest BCUT2D eigenvalue weighted by Gasteiger charge is -2.24. The van der Waals surface area contributed by atoms with E-state index >= 15 is 0 Å². The Labute approximate surface area is 151 Å². The first-order valence-corrected chi connectivity index (χ1v) is 10.0. The molecule has 2 aliphatic rings. The van der Waals surface area contributed by atoms with Crippen LogP contribution in [0, 0.1) is 0 Å². The summed E-state index contributed by atoms with van der Waals surface area (Å²) < 4.78 is 0. The second-order valence-electron chi connectivity index (χ2n) is 7.64. The van der Waals surface area contributed by atoms with Crippen molar-refractivity contribution in [3.63, 3.8) is 0 Å². The van der Waals surface area contributed by atoms with Crippen molar-refractivity contribution in [3.8, 4) is 0 Å². The third-order valence-electron chi connectivity index (χ3n) is 5.70. The van der Waals surface area contributed by atoms with Crippen LogP contribution in [0.1, 0.15) is 68.2 Å². The topological polar surface area (TPSA) is 58.1 Å². The minimum atomic E-state index is 0.158. The first-order chi connectivity index (χ1) is 12.2. The van der Waals surface area contributed by atoms with E-state index in [1.165, 1.54) is 56.1 Å².